The van der Waals surface area contributed by atoms with E-state index >= 15 is 0 Å². The fourth-order valence-corrected chi connectivity index (χ4v) is 10.2. The van der Waals surface area contributed by atoms with Gasteiger partial charge in [0.15, 0.2) is 0 Å². The maximum Gasteiger partial charge on any atom is 0.407 e. The van der Waals surface area contributed by atoms with E-state index in [2.05, 4.69) is 37.4 Å². The topological polar surface area (TPSA) is 117 Å². The van der Waals surface area contributed by atoms with Crippen molar-refractivity contribution in [3.8, 4) is 0 Å². The van der Waals surface area contributed by atoms with Crippen molar-refractivity contribution in [1.29, 1.82) is 0 Å². The van der Waals surface area contributed by atoms with Gasteiger partial charge in [-0.05, 0) is 81.1 Å². The second kappa shape index (κ2) is 19.9. The number of esters is 3. The predicted octanol–water partition coefficient (Wildman–Crippen LogP) is 7.97. The number of nitrogens with one attached hydrogen (secondary N) is 1. The number of rotatable bonds is 17. The van der Waals surface area contributed by atoms with Crippen LogP contribution in [0, 0.1) is 29.6 Å². The third kappa shape index (κ3) is 12.3. The van der Waals surface area contributed by atoms with Crippen LogP contribution in [0.25, 0.3) is 0 Å². The minimum Gasteiger partial charge on any atom is -0.466 e. The van der Waals surface area contributed by atoms with E-state index in [1.807, 2.05) is 35.4 Å². The number of allylic oxidation sites excluding steroid dienone is 3. The summed E-state index contributed by atoms with van der Waals surface area (Å²) >= 11 is 0. The molecule has 2 aliphatic carbocycles. The van der Waals surface area contributed by atoms with Crippen molar-refractivity contribution < 1.29 is 38.1 Å². The van der Waals surface area contributed by atoms with E-state index in [1.165, 1.54) is 24.2 Å². The minimum atomic E-state index is -0.549. The Bertz CT molecular complexity index is 1140. The molecule has 0 radical (unpaired) electrons. The first-order chi connectivity index (χ1) is 23.1. The molecular weight excluding hydrogens is 651 g/mol. The van der Waals surface area contributed by atoms with E-state index in [9.17, 15) is 19.2 Å². The van der Waals surface area contributed by atoms with Gasteiger partial charge in [0.25, 0.3) is 0 Å². The highest BCUT2D eigenvalue weighted by Gasteiger charge is 2.42. The Kier molecular flexibility index (Phi) is 16.0. The van der Waals surface area contributed by atoms with E-state index in [0.717, 1.165) is 37.4 Å². The molecule has 9 unspecified atom stereocenters. The summed E-state index contributed by atoms with van der Waals surface area (Å²) in [4.78, 5) is 49.8. The molecule has 9 atom stereocenters. The first-order valence-corrected chi connectivity index (χ1v) is 20.7. The molecule has 0 bridgehead atoms. The number of cyclic esters (lactones) is 1. The zero-order chi connectivity index (χ0) is 34.5. The first-order valence-electron chi connectivity index (χ1n) is 18.3. The third-order valence-electron chi connectivity index (χ3n) is 10.2. The van der Waals surface area contributed by atoms with Gasteiger partial charge in [-0.25, -0.2) is 4.79 Å². The fraction of sp³-hybridized carbons (Fsp3) is 0.784. The van der Waals surface area contributed by atoms with Crippen molar-refractivity contribution in [2.45, 2.75) is 135 Å². The molecule has 0 aromatic rings. The Morgan fingerprint density at radius 1 is 1.06 bits per heavy atom. The highest BCUT2D eigenvalue weighted by atomic mass is 33.1. The largest absolute Gasteiger partial charge is 0.466 e. The Hall–Kier alpha value is -2.14. The number of ether oxygens (including phenoxy) is 4. The number of fused-ring (bicyclic) bond motifs is 1. The second-order valence-electron chi connectivity index (χ2n) is 14.2. The van der Waals surface area contributed by atoms with Gasteiger partial charge in [-0.15, -0.1) is 0 Å². The van der Waals surface area contributed by atoms with Gasteiger partial charge in [-0.1, -0.05) is 73.9 Å². The van der Waals surface area contributed by atoms with Crippen LogP contribution in [-0.4, -0.2) is 66.5 Å². The molecule has 0 saturated carbocycles. The monoisotopic (exact) mass is 707 g/mol. The van der Waals surface area contributed by atoms with Gasteiger partial charge < -0.3 is 24.3 Å². The number of hydrogen-bond donors (Lipinski definition) is 1. The standard InChI is InChI=1S/C37H57NO8S2/c1-5-25(3)36(41)46-32-21-24(2)20-27-13-12-26(4)31(35(27)32)15-14-28-22-29(23-34(40)44-28)45-37(42)38-17-8-9-18-43-33(39)11-7-6-10-30-16-19-47-48-30/h12-13,20,24-26,28-32,35H,5-11,14-19,21-23H2,1-4H3,(H,38,42). The molecule has 11 heteroatoms. The van der Waals surface area contributed by atoms with Crippen LogP contribution in [0.1, 0.15) is 111 Å². The molecule has 1 amide bonds. The van der Waals surface area contributed by atoms with E-state index < -0.39 is 12.2 Å². The first kappa shape index (κ1) is 38.7. The van der Waals surface area contributed by atoms with Crippen molar-refractivity contribution in [2.24, 2.45) is 29.6 Å². The average Bonchev–Trinajstić information content (AvgIpc) is 3.57. The summed E-state index contributed by atoms with van der Waals surface area (Å²) in [7, 11) is 3.92. The average molecular weight is 708 g/mol. The van der Waals surface area contributed by atoms with Crippen LogP contribution in [0.4, 0.5) is 4.79 Å². The van der Waals surface area contributed by atoms with Crippen LogP contribution < -0.4 is 5.32 Å². The van der Waals surface area contributed by atoms with Crippen molar-refractivity contribution in [3.05, 3.63) is 23.8 Å². The quantitative estimate of drug-likeness (QED) is 0.0691. The highest BCUT2D eigenvalue weighted by molar-refractivity contribution is 8.77. The summed E-state index contributed by atoms with van der Waals surface area (Å²) in [6, 6.07) is 0. The van der Waals surface area contributed by atoms with Gasteiger partial charge >= 0.3 is 24.0 Å². The Morgan fingerprint density at radius 2 is 1.90 bits per heavy atom. The molecule has 2 aliphatic heterocycles. The number of carbonyl (C=O) groups excluding carboxylic acids is 4. The molecule has 2 saturated heterocycles. The highest BCUT2D eigenvalue weighted by Crippen LogP contribution is 2.45. The van der Waals surface area contributed by atoms with Crippen molar-refractivity contribution in [3.63, 3.8) is 0 Å². The van der Waals surface area contributed by atoms with Crippen molar-refractivity contribution in [1.82, 2.24) is 5.32 Å². The van der Waals surface area contributed by atoms with Gasteiger partial charge in [0.2, 0.25) is 0 Å². The maximum absolute atomic E-state index is 12.8. The van der Waals surface area contributed by atoms with Crippen LogP contribution in [0.15, 0.2) is 23.8 Å². The molecule has 2 heterocycles. The summed E-state index contributed by atoms with van der Waals surface area (Å²) < 4.78 is 22.8. The van der Waals surface area contributed by atoms with Gasteiger partial charge in [0.1, 0.15) is 18.3 Å². The number of amides is 1. The van der Waals surface area contributed by atoms with Crippen LogP contribution in [0.2, 0.25) is 0 Å². The lowest BCUT2D eigenvalue weighted by Crippen LogP contribution is -2.42. The summed E-state index contributed by atoms with van der Waals surface area (Å²) in [6.45, 7) is 9.03. The van der Waals surface area contributed by atoms with E-state index in [1.54, 1.807) is 0 Å². The third-order valence-corrected chi connectivity index (χ3v) is 13.2. The van der Waals surface area contributed by atoms with Crippen LogP contribution >= 0.6 is 21.6 Å². The zero-order valence-electron chi connectivity index (χ0n) is 29.3. The smallest absolute Gasteiger partial charge is 0.407 e. The molecule has 1 N–H and O–H groups in total. The Labute approximate surface area is 295 Å². The lowest BCUT2D eigenvalue weighted by atomic mass is 9.65. The van der Waals surface area contributed by atoms with E-state index in [0.29, 0.717) is 51.2 Å². The summed E-state index contributed by atoms with van der Waals surface area (Å²) in [5, 5.41) is 3.50. The summed E-state index contributed by atoms with van der Waals surface area (Å²) in [5.41, 5.74) is 1.24. The summed E-state index contributed by atoms with van der Waals surface area (Å²) in [5.74, 6) is 1.43. The maximum atomic E-state index is 12.8. The number of carbonyl (C=O) groups is 4. The summed E-state index contributed by atoms with van der Waals surface area (Å²) in [6.07, 6.45) is 14.8. The Balaban J connectivity index is 1.14. The molecule has 270 valence electrons. The molecule has 9 nitrogen and oxygen atoms in total. The van der Waals surface area contributed by atoms with Crippen LogP contribution in [0.5, 0.6) is 0 Å². The van der Waals surface area contributed by atoms with Gasteiger partial charge in [0, 0.05) is 36.3 Å². The van der Waals surface area contributed by atoms with Gasteiger partial charge in [0.05, 0.1) is 18.9 Å². The lowest BCUT2D eigenvalue weighted by molar-refractivity contribution is -0.162. The SMILES string of the molecule is CCC(C)C(=O)OC1CC(C)C=C2C=CC(C)C(CCC3CC(OC(=O)NCCCCOC(=O)CCCCC4CCSS4)CC(=O)O3)C21. The van der Waals surface area contributed by atoms with Crippen LogP contribution in [-0.2, 0) is 33.3 Å². The molecule has 2 fully saturated rings. The number of alkyl carbamates (subject to hydrolysis) is 1. The molecule has 4 rings (SSSR count). The fourth-order valence-electron chi connectivity index (χ4n) is 7.22. The van der Waals surface area contributed by atoms with E-state index in [-0.39, 0.29) is 60.2 Å². The van der Waals surface area contributed by atoms with Crippen molar-refractivity contribution >= 4 is 45.6 Å². The molecule has 0 spiro atoms. The number of unbranched alkanes of at least 4 members (excludes halogenated alkanes) is 2. The Morgan fingerprint density at radius 3 is 2.67 bits per heavy atom. The number of hydrogen-bond acceptors (Lipinski definition) is 10. The van der Waals surface area contributed by atoms with Crippen molar-refractivity contribution in [2.75, 3.05) is 18.9 Å². The minimum absolute atomic E-state index is 0.0436. The van der Waals surface area contributed by atoms with E-state index in [4.69, 9.17) is 18.9 Å². The predicted molar refractivity (Wildman–Crippen MR) is 190 cm³/mol. The molecular formula is C37H57NO8S2. The lowest BCUT2D eigenvalue weighted by Gasteiger charge is -2.43. The van der Waals surface area contributed by atoms with Gasteiger partial charge in [-0.3, -0.25) is 14.4 Å². The van der Waals surface area contributed by atoms with Gasteiger partial charge in [-0.2, -0.15) is 0 Å². The zero-order valence-corrected chi connectivity index (χ0v) is 31.0. The van der Waals surface area contributed by atoms with Crippen LogP contribution in [0.3, 0.4) is 0 Å². The normalized spacial score (nSPS) is 30.4. The molecule has 4 aliphatic rings. The molecule has 48 heavy (non-hydrogen) atoms. The molecule has 0 aromatic heterocycles. The molecule has 0 aromatic carbocycles. The second-order valence-corrected chi connectivity index (χ2v) is 16.9.